The summed E-state index contributed by atoms with van der Waals surface area (Å²) < 4.78 is 19.1. The molecule has 0 aromatic rings. The number of ether oxygens (including phenoxy) is 4. The third-order valence-corrected chi connectivity index (χ3v) is 1.38. The average molecular weight is 170 g/mol. The van der Waals surface area contributed by atoms with Crippen LogP contribution in [-0.2, 0) is 23.7 Å². The summed E-state index contributed by atoms with van der Waals surface area (Å²) in [6.45, 7) is 0. The zero-order valence-electron chi connectivity index (χ0n) is 6.01. The highest BCUT2D eigenvalue weighted by Gasteiger charge is 2.34. The molecule has 0 unspecified atom stereocenters. The minimum absolute atomic E-state index is 0.398. The maximum absolute atomic E-state index is 11.3. The SMILES string of the molecule is O=C(C1OC=CO1)C1OC=CO1. The van der Waals surface area contributed by atoms with Crippen LogP contribution in [0.4, 0.5) is 0 Å². The second-order valence-corrected chi connectivity index (χ2v) is 2.15. The monoisotopic (exact) mass is 170 g/mol. The van der Waals surface area contributed by atoms with Gasteiger partial charge in [0.05, 0.1) is 0 Å². The molecular formula is C7H6O5. The van der Waals surface area contributed by atoms with E-state index in [9.17, 15) is 4.79 Å². The number of hydrogen-bond acceptors (Lipinski definition) is 5. The van der Waals surface area contributed by atoms with Gasteiger partial charge < -0.3 is 18.9 Å². The highest BCUT2D eigenvalue weighted by Crippen LogP contribution is 2.14. The summed E-state index contributed by atoms with van der Waals surface area (Å²) in [6, 6.07) is 0. The molecule has 2 aliphatic rings. The molecule has 5 nitrogen and oxygen atoms in total. The van der Waals surface area contributed by atoms with Gasteiger partial charge >= 0.3 is 12.6 Å². The summed E-state index contributed by atoms with van der Waals surface area (Å²) in [5.41, 5.74) is 0. The van der Waals surface area contributed by atoms with E-state index < -0.39 is 18.4 Å². The minimum Gasteiger partial charge on any atom is -0.452 e. The maximum atomic E-state index is 11.3. The van der Waals surface area contributed by atoms with Crippen molar-refractivity contribution in [2.24, 2.45) is 0 Å². The molecule has 0 atom stereocenters. The number of carbonyl (C=O) groups is 1. The molecule has 0 saturated carbocycles. The van der Waals surface area contributed by atoms with Crippen LogP contribution < -0.4 is 0 Å². The van der Waals surface area contributed by atoms with Gasteiger partial charge in [-0.15, -0.1) is 0 Å². The van der Waals surface area contributed by atoms with Gasteiger partial charge in [-0.05, 0) is 0 Å². The smallest absolute Gasteiger partial charge is 0.307 e. The van der Waals surface area contributed by atoms with Crippen molar-refractivity contribution in [3.63, 3.8) is 0 Å². The van der Waals surface area contributed by atoms with E-state index in [2.05, 4.69) is 0 Å². The van der Waals surface area contributed by atoms with Gasteiger partial charge in [0, 0.05) is 0 Å². The molecule has 12 heavy (non-hydrogen) atoms. The number of hydrogen-bond donors (Lipinski definition) is 0. The highest BCUT2D eigenvalue weighted by atomic mass is 16.7. The Morgan fingerprint density at radius 3 is 1.50 bits per heavy atom. The fourth-order valence-corrected chi connectivity index (χ4v) is 0.857. The first kappa shape index (κ1) is 7.02. The minimum atomic E-state index is -0.935. The molecule has 0 N–H and O–H groups in total. The third kappa shape index (κ3) is 1.09. The Morgan fingerprint density at radius 1 is 0.833 bits per heavy atom. The summed E-state index contributed by atoms with van der Waals surface area (Å²) >= 11 is 0. The quantitative estimate of drug-likeness (QED) is 0.594. The fraction of sp³-hybridized carbons (Fsp3) is 0.286. The first-order chi connectivity index (χ1) is 5.88. The van der Waals surface area contributed by atoms with Crippen molar-refractivity contribution in [1.29, 1.82) is 0 Å². The Morgan fingerprint density at radius 2 is 1.17 bits per heavy atom. The molecule has 0 saturated heterocycles. The predicted molar refractivity (Wildman–Crippen MR) is 35.2 cm³/mol. The van der Waals surface area contributed by atoms with Crippen molar-refractivity contribution in [2.45, 2.75) is 12.6 Å². The van der Waals surface area contributed by atoms with Crippen molar-refractivity contribution in [3.05, 3.63) is 25.0 Å². The van der Waals surface area contributed by atoms with Gasteiger partial charge in [-0.25, -0.2) is 0 Å². The van der Waals surface area contributed by atoms with Crippen molar-refractivity contribution >= 4 is 5.78 Å². The highest BCUT2D eigenvalue weighted by molar-refractivity contribution is 5.85. The van der Waals surface area contributed by atoms with Gasteiger partial charge in [0.15, 0.2) is 0 Å². The number of Topliss-reactive ketones (excluding diaryl/α,β-unsaturated/α-hetero) is 1. The molecule has 0 bridgehead atoms. The predicted octanol–water partition coefficient (Wildman–Crippen LogP) is 0.244. The summed E-state index contributed by atoms with van der Waals surface area (Å²) in [7, 11) is 0. The molecule has 0 aliphatic carbocycles. The molecule has 0 aromatic carbocycles. The van der Waals surface area contributed by atoms with Crippen LogP contribution in [0.2, 0.25) is 0 Å². The molecule has 0 radical (unpaired) electrons. The van der Waals surface area contributed by atoms with E-state index in [4.69, 9.17) is 18.9 Å². The Balaban J connectivity index is 1.91. The number of ketones is 1. The first-order valence-corrected chi connectivity index (χ1v) is 3.33. The van der Waals surface area contributed by atoms with Crippen LogP contribution in [0.5, 0.6) is 0 Å². The second-order valence-electron chi connectivity index (χ2n) is 2.15. The lowest BCUT2D eigenvalue weighted by Gasteiger charge is -2.12. The number of carbonyl (C=O) groups excluding carboxylic acids is 1. The van der Waals surface area contributed by atoms with Crippen LogP contribution in [0.25, 0.3) is 0 Å². The lowest BCUT2D eigenvalue weighted by atomic mass is 10.4. The van der Waals surface area contributed by atoms with Crippen LogP contribution in [-0.4, -0.2) is 18.4 Å². The maximum Gasteiger partial charge on any atom is 0.307 e. The largest absolute Gasteiger partial charge is 0.452 e. The average Bonchev–Trinajstić information content (AvgIpc) is 2.77. The molecule has 2 heterocycles. The van der Waals surface area contributed by atoms with Crippen molar-refractivity contribution in [2.75, 3.05) is 0 Å². The van der Waals surface area contributed by atoms with Gasteiger partial charge in [0.25, 0.3) is 5.78 Å². The zero-order chi connectivity index (χ0) is 8.39. The van der Waals surface area contributed by atoms with E-state index in [1.165, 1.54) is 25.0 Å². The summed E-state index contributed by atoms with van der Waals surface area (Å²) in [5.74, 6) is -0.398. The Labute approximate surface area is 68.2 Å². The van der Waals surface area contributed by atoms with Crippen LogP contribution in [0.1, 0.15) is 0 Å². The van der Waals surface area contributed by atoms with Gasteiger partial charge in [-0.3, -0.25) is 4.79 Å². The normalized spacial score (nSPS) is 21.3. The van der Waals surface area contributed by atoms with Gasteiger partial charge in [0.2, 0.25) is 0 Å². The molecule has 0 fully saturated rings. The van der Waals surface area contributed by atoms with E-state index >= 15 is 0 Å². The fourth-order valence-electron chi connectivity index (χ4n) is 0.857. The Hall–Kier alpha value is -1.65. The van der Waals surface area contributed by atoms with Gasteiger partial charge in [0.1, 0.15) is 25.0 Å². The summed E-state index contributed by atoms with van der Waals surface area (Å²) in [6.07, 6.45) is 3.32. The topological polar surface area (TPSA) is 54.0 Å². The molecule has 5 heteroatoms. The molecule has 0 amide bonds. The van der Waals surface area contributed by atoms with E-state index in [0.29, 0.717) is 0 Å². The van der Waals surface area contributed by atoms with Crippen molar-refractivity contribution in [3.8, 4) is 0 Å². The second kappa shape index (κ2) is 2.77. The van der Waals surface area contributed by atoms with Crippen LogP contribution >= 0.6 is 0 Å². The molecule has 0 spiro atoms. The van der Waals surface area contributed by atoms with Gasteiger partial charge in [-0.1, -0.05) is 0 Å². The molecule has 2 rings (SSSR count). The van der Waals surface area contributed by atoms with Crippen LogP contribution in [0.3, 0.4) is 0 Å². The lowest BCUT2D eigenvalue weighted by Crippen LogP contribution is -2.33. The number of rotatable bonds is 2. The van der Waals surface area contributed by atoms with E-state index in [1.54, 1.807) is 0 Å². The molecule has 0 aromatic heterocycles. The summed E-state index contributed by atoms with van der Waals surface area (Å²) in [5, 5.41) is 0. The third-order valence-electron chi connectivity index (χ3n) is 1.38. The van der Waals surface area contributed by atoms with E-state index in [-0.39, 0.29) is 0 Å². The molecule has 2 aliphatic heterocycles. The Kier molecular flexibility index (Phi) is 1.62. The van der Waals surface area contributed by atoms with Crippen LogP contribution in [0, 0.1) is 0 Å². The van der Waals surface area contributed by atoms with E-state index in [1.807, 2.05) is 0 Å². The van der Waals surface area contributed by atoms with Crippen LogP contribution in [0.15, 0.2) is 25.0 Å². The van der Waals surface area contributed by atoms with E-state index in [0.717, 1.165) is 0 Å². The summed E-state index contributed by atoms with van der Waals surface area (Å²) in [4.78, 5) is 11.3. The Bertz CT molecular complexity index is 204. The first-order valence-electron chi connectivity index (χ1n) is 3.33. The van der Waals surface area contributed by atoms with Gasteiger partial charge in [-0.2, -0.15) is 0 Å². The van der Waals surface area contributed by atoms with Crippen molar-refractivity contribution in [1.82, 2.24) is 0 Å². The molecular weight excluding hydrogens is 164 g/mol. The zero-order valence-corrected chi connectivity index (χ0v) is 6.01. The van der Waals surface area contributed by atoms with Crippen molar-refractivity contribution < 1.29 is 23.7 Å². The molecule has 64 valence electrons. The lowest BCUT2D eigenvalue weighted by molar-refractivity contribution is -0.164. The standard InChI is InChI=1S/C7H6O5/c8-5(6-9-1-2-10-6)7-11-3-4-12-7/h1-4,6-7H.